The van der Waals surface area contributed by atoms with Crippen LogP contribution >= 0.6 is 23.5 Å². The van der Waals surface area contributed by atoms with Crippen LogP contribution in [0.15, 0.2) is 11.1 Å². The summed E-state index contributed by atoms with van der Waals surface area (Å²) in [4.78, 5) is 59.2. The number of aromatic nitrogens is 4. The molecule has 7 N–H and O–H groups in total. The SMILES string of the molecule is Nc1nc2c(ncn2[C@@H]2O[C@H](COP(=O)(O)OP(=O)(O)OP(=O)(O)O)C3OC4(CCCC4)OC32)c(=O)[nH]1. The van der Waals surface area contributed by atoms with Crippen molar-refractivity contribution in [2.75, 3.05) is 12.3 Å². The molecule has 1 aliphatic carbocycles. The van der Waals surface area contributed by atoms with E-state index in [9.17, 15) is 28.3 Å². The molecule has 1 saturated carbocycles. The smallest absolute Gasteiger partial charge is 0.369 e. The second-order valence-electron chi connectivity index (χ2n) is 8.51. The zero-order chi connectivity index (χ0) is 26.8. The topological polar surface area (TPSA) is 277 Å². The van der Waals surface area contributed by atoms with Gasteiger partial charge in [0.15, 0.2) is 23.2 Å². The number of nitrogens with one attached hydrogen (secondary N) is 1. The molecule has 6 atom stereocenters. The van der Waals surface area contributed by atoms with Crippen molar-refractivity contribution in [1.29, 1.82) is 0 Å². The van der Waals surface area contributed by atoms with Crippen molar-refractivity contribution in [2.24, 2.45) is 0 Å². The van der Waals surface area contributed by atoms with E-state index in [0.29, 0.717) is 12.8 Å². The number of phosphoric ester groups is 1. The van der Waals surface area contributed by atoms with Gasteiger partial charge in [0.1, 0.15) is 18.3 Å². The van der Waals surface area contributed by atoms with Gasteiger partial charge in [0.25, 0.3) is 5.56 Å². The van der Waals surface area contributed by atoms with Crippen LogP contribution in [0, 0.1) is 0 Å². The van der Waals surface area contributed by atoms with Crippen LogP contribution in [0.3, 0.4) is 0 Å². The zero-order valence-corrected chi connectivity index (χ0v) is 21.2. The Morgan fingerprint density at radius 2 is 1.78 bits per heavy atom. The van der Waals surface area contributed by atoms with Crippen molar-refractivity contribution in [3.63, 3.8) is 0 Å². The molecule has 22 heteroatoms. The van der Waals surface area contributed by atoms with E-state index in [1.807, 2.05) is 0 Å². The number of H-pyrrole nitrogens is 1. The first-order valence-corrected chi connectivity index (χ1v) is 15.2. The number of rotatable bonds is 8. The van der Waals surface area contributed by atoms with Gasteiger partial charge in [0.05, 0.1) is 12.9 Å². The highest BCUT2D eigenvalue weighted by Gasteiger charge is 2.60. The van der Waals surface area contributed by atoms with E-state index in [1.165, 1.54) is 10.9 Å². The summed E-state index contributed by atoms with van der Waals surface area (Å²) >= 11 is 0. The summed E-state index contributed by atoms with van der Waals surface area (Å²) in [6, 6.07) is 0. The number of anilines is 1. The predicted octanol–water partition coefficient (Wildman–Crippen LogP) is -0.00320. The molecular weight excluding hydrogens is 567 g/mol. The fourth-order valence-electron chi connectivity index (χ4n) is 4.61. The minimum absolute atomic E-state index is 0.0273. The summed E-state index contributed by atoms with van der Waals surface area (Å²) in [5.74, 6) is -1.11. The third kappa shape index (κ3) is 5.60. The molecule has 3 fully saturated rings. The van der Waals surface area contributed by atoms with Crippen LogP contribution in [0.1, 0.15) is 31.9 Å². The van der Waals surface area contributed by atoms with Gasteiger partial charge >= 0.3 is 23.5 Å². The average Bonchev–Trinajstić information content (AvgIpc) is 3.49. The van der Waals surface area contributed by atoms with Gasteiger partial charge in [0, 0.05) is 12.8 Å². The Kier molecular flexibility index (Phi) is 6.77. The second kappa shape index (κ2) is 9.27. The van der Waals surface area contributed by atoms with Crippen molar-refractivity contribution in [3.8, 4) is 0 Å². The largest absolute Gasteiger partial charge is 0.490 e. The summed E-state index contributed by atoms with van der Waals surface area (Å²) in [5.41, 5.74) is 5.13. The van der Waals surface area contributed by atoms with Crippen LogP contribution in [-0.4, -0.2) is 69.8 Å². The molecule has 206 valence electrons. The number of aromatic amines is 1. The lowest BCUT2D eigenvalue weighted by Gasteiger charge is -2.27. The number of phosphoric acid groups is 3. The van der Waals surface area contributed by atoms with E-state index in [0.717, 1.165) is 12.8 Å². The zero-order valence-electron chi connectivity index (χ0n) is 18.6. The molecule has 4 unspecified atom stereocenters. The number of imidazole rings is 1. The number of nitrogens with two attached hydrogens (primary N) is 1. The Hall–Kier alpha value is -1.56. The highest BCUT2D eigenvalue weighted by molar-refractivity contribution is 7.66. The number of ether oxygens (including phenoxy) is 3. The standard InChI is InChI=1S/C15H22N5O14P3/c16-14-18-11-8(12(21)19-14)17-6-20(11)13-10-9(31-15(32-10)3-1-2-4-15)7(30-13)5-29-36(25,26)34-37(27,28)33-35(22,23)24/h6-7,9-10,13H,1-5H2,(H,25,26)(H,27,28)(H2,22,23,24)(H3,16,18,19,21)/t7-,9?,10?,13-/m1/s1. The Balaban J connectivity index is 1.38. The first-order chi connectivity index (χ1) is 17.2. The number of nitrogens with zero attached hydrogens (tertiary/aromatic N) is 3. The summed E-state index contributed by atoms with van der Waals surface area (Å²) in [6.07, 6.45) is 0.295. The van der Waals surface area contributed by atoms with Crippen LogP contribution in [0.5, 0.6) is 0 Å². The molecule has 2 saturated heterocycles. The molecule has 0 bridgehead atoms. The Labute approximate surface area is 206 Å². The molecule has 37 heavy (non-hydrogen) atoms. The molecule has 0 amide bonds. The van der Waals surface area contributed by atoms with Crippen LogP contribution in [0.25, 0.3) is 11.2 Å². The van der Waals surface area contributed by atoms with E-state index in [2.05, 4.69) is 23.6 Å². The quantitative estimate of drug-likeness (QED) is 0.221. The van der Waals surface area contributed by atoms with Gasteiger partial charge in [0.2, 0.25) is 5.95 Å². The Morgan fingerprint density at radius 1 is 1.11 bits per heavy atom. The van der Waals surface area contributed by atoms with Crippen LogP contribution in [-0.2, 0) is 41.1 Å². The first kappa shape index (κ1) is 27.0. The van der Waals surface area contributed by atoms with Crippen molar-refractivity contribution in [2.45, 2.75) is 56.0 Å². The molecule has 2 aromatic rings. The molecule has 5 rings (SSSR count). The van der Waals surface area contributed by atoms with Gasteiger partial charge < -0.3 is 39.5 Å². The van der Waals surface area contributed by atoms with Gasteiger partial charge in [-0.25, -0.2) is 18.7 Å². The minimum Gasteiger partial charge on any atom is -0.369 e. The summed E-state index contributed by atoms with van der Waals surface area (Å²) in [5, 5.41) is 0. The average molecular weight is 589 g/mol. The van der Waals surface area contributed by atoms with Gasteiger partial charge in [-0.2, -0.15) is 13.6 Å². The lowest BCUT2D eigenvalue weighted by Crippen LogP contribution is -2.34. The fraction of sp³-hybridized carbons (Fsp3) is 0.667. The molecule has 0 radical (unpaired) electrons. The second-order valence-corrected chi connectivity index (χ2v) is 12.9. The minimum atomic E-state index is -5.69. The highest BCUT2D eigenvalue weighted by atomic mass is 31.3. The van der Waals surface area contributed by atoms with Crippen molar-refractivity contribution < 1.29 is 60.6 Å². The highest BCUT2D eigenvalue weighted by Crippen LogP contribution is 2.66. The molecule has 19 nitrogen and oxygen atoms in total. The van der Waals surface area contributed by atoms with Crippen molar-refractivity contribution in [1.82, 2.24) is 19.5 Å². The first-order valence-electron chi connectivity index (χ1n) is 10.7. The number of fused-ring (bicyclic) bond motifs is 2. The maximum absolute atomic E-state index is 12.2. The van der Waals surface area contributed by atoms with Crippen LogP contribution in [0.2, 0.25) is 0 Å². The van der Waals surface area contributed by atoms with Gasteiger partial charge in [-0.3, -0.25) is 18.9 Å². The summed E-state index contributed by atoms with van der Waals surface area (Å²) in [7, 11) is -16.6. The van der Waals surface area contributed by atoms with Gasteiger partial charge in [-0.1, -0.05) is 0 Å². The van der Waals surface area contributed by atoms with Crippen molar-refractivity contribution in [3.05, 3.63) is 16.7 Å². The maximum Gasteiger partial charge on any atom is 0.490 e. The monoisotopic (exact) mass is 589 g/mol. The van der Waals surface area contributed by atoms with E-state index >= 15 is 0 Å². The Morgan fingerprint density at radius 3 is 2.46 bits per heavy atom. The third-order valence-corrected chi connectivity index (χ3v) is 9.70. The van der Waals surface area contributed by atoms with Crippen molar-refractivity contribution >= 4 is 40.6 Å². The number of nitrogen functional groups attached to an aromatic ring is 1. The molecule has 2 aliphatic heterocycles. The predicted molar refractivity (Wildman–Crippen MR) is 117 cm³/mol. The Bertz CT molecular complexity index is 1400. The number of hydrogen-bond donors (Lipinski definition) is 6. The molecule has 3 aliphatic rings. The van der Waals surface area contributed by atoms with E-state index in [1.54, 1.807) is 0 Å². The molecule has 2 aromatic heterocycles. The summed E-state index contributed by atoms with van der Waals surface area (Å²) < 4.78 is 66.6. The molecule has 4 heterocycles. The molecular formula is C15H22N5O14P3. The van der Waals surface area contributed by atoms with E-state index < -0.39 is 66.0 Å². The maximum atomic E-state index is 12.2. The normalized spacial score (nSPS) is 30.5. The fourth-order valence-corrected chi connectivity index (χ4v) is 7.64. The van der Waals surface area contributed by atoms with E-state index in [4.69, 9.17) is 34.3 Å². The van der Waals surface area contributed by atoms with E-state index in [-0.39, 0.29) is 17.1 Å². The third-order valence-electron chi connectivity index (χ3n) is 5.90. The lowest BCUT2D eigenvalue weighted by atomic mass is 10.1. The van der Waals surface area contributed by atoms with Gasteiger partial charge in [-0.05, 0) is 12.8 Å². The molecule has 0 aromatic carbocycles. The summed E-state index contributed by atoms with van der Waals surface area (Å²) in [6.45, 7) is -0.746. The number of hydrogen-bond acceptors (Lipinski definition) is 13. The molecule has 1 spiro atoms. The van der Waals surface area contributed by atoms with Crippen LogP contribution in [0.4, 0.5) is 5.95 Å². The van der Waals surface area contributed by atoms with Crippen LogP contribution < -0.4 is 11.3 Å². The lowest BCUT2D eigenvalue weighted by molar-refractivity contribution is -0.215. The van der Waals surface area contributed by atoms with Gasteiger partial charge in [-0.15, -0.1) is 0 Å².